The van der Waals surface area contributed by atoms with E-state index < -0.39 is 6.09 Å². The zero-order valence-electron chi connectivity index (χ0n) is 10.2. The summed E-state index contributed by atoms with van der Waals surface area (Å²) >= 11 is 7.43. The SMILES string of the molecule is O=C(OCCC1CCCCC1)N(S)S.[H-].[Na+]. The average Bonchev–Trinajstić information content (AvgIpc) is 2.19. The van der Waals surface area contributed by atoms with Crippen molar-refractivity contribution in [3.8, 4) is 0 Å². The van der Waals surface area contributed by atoms with E-state index in [4.69, 9.17) is 4.74 Å². The Balaban J connectivity index is 0. The largest absolute Gasteiger partial charge is 1.00 e. The standard InChI is InChI=1S/C9H17NO2S2.Na.H/c11-9(10(13)14)12-7-6-8-4-2-1-3-5-8;;/h8,13-14H,1-7H2;;/q;+1;-1. The van der Waals surface area contributed by atoms with Crippen LogP contribution in [0.2, 0.25) is 0 Å². The Morgan fingerprint density at radius 3 is 2.47 bits per heavy atom. The monoisotopic (exact) mass is 259 g/mol. The number of carbonyl (C=O) groups is 1. The van der Waals surface area contributed by atoms with Gasteiger partial charge in [0.15, 0.2) is 0 Å². The van der Waals surface area contributed by atoms with Gasteiger partial charge in [0.05, 0.1) is 6.61 Å². The Labute approximate surface area is 126 Å². The number of carbonyl (C=O) groups excluding carboxylic acids is 1. The molecule has 1 fully saturated rings. The number of amides is 1. The van der Waals surface area contributed by atoms with Crippen molar-refractivity contribution in [1.29, 1.82) is 0 Å². The molecule has 1 amide bonds. The normalized spacial score (nSPS) is 16.7. The molecule has 1 rings (SSSR count). The van der Waals surface area contributed by atoms with Crippen molar-refractivity contribution >= 4 is 31.7 Å². The van der Waals surface area contributed by atoms with Gasteiger partial charge in [0.2, 0.25) is 0 Å². The average molecular weight is 259 g/mol. The predicted molar refractivity (Wildman–Crippen MR) is 63.5 cm³/mol. The Hall–Kier alpha value is 0.970. The minimum absolute atomic E-state index is 0. The Morgan fingerprint density at radius 1 is 1.33 bits per heavy atom. The molecule has 0 heterocycles. The summed E-state index contributed by atoms with van der Waals surface area (Å²) in [6, 6.07) is 0. The molecule has 0 aliphatic heterocycles. The first-order valence-corrected chi connectivity index (χ1v) is 5.85. The smallest absolute Gasteiger partial charge is 1.00 e. The van der Waals surface area contributed by atoms with Crippen LogP contribution in [0.15, 0.2) is 0 Å². The van der Waals surface area contributed by atoms with Gasteiger partial charge in [0, 0.05) is 0 Å². The van der Waals surface area contributed by atoms with Crippen LogP contribution in [0.25, 0.3) is 0 Å². The van der Waals surface area contributed by atoms with Crippen molar-refractivity contribution < 1.29 is 40.5 Å². The molecule has 0 aromatic rings. The molecule has 0 saturated heterocycles. The summed E-state index contributed by atoms with van der Waals surface area (Å²) in [5, 5.41) is 0. The van der Waals surface area contributed by atoms with Gasteiger partial charge in [-0.2, -0.15) is 3.71 Å². The second kappa shape index (κ2) is 9.05. The summed E-state index contributed by atoms with van der Waals surface area (Å²) in [5.41, 5.74) is 0. The topological polar surface area (TPSA) is 29.5 Å². The van der Waals surface area contributed by atoms with Crippen LogP contribution in [-0.2, 0) is 4.74 Å². The maximum absolute atomic E-state index is 10.9. The fourth-order valence-corrected chi connectivity index (χ4v) is 1.96. The quantitative estimate of drug-likeness (QED) is 0.560. The molecular weight excluding hydrogens is 241 g/mol. The molecule has 6 heteroatoms. The number of hydrogen-bond donors (Lipinski definition) is 2. The molecule has 0 radical (unpaired) electrons. The van der Waals surface area contributed by atoms with E-state index in [2.05, 4.69) is 25.6 Å². The van der Waals surface area contributed by atoms with Crippen LogP contribution in [0, 0.1) is 5.92 Å². The van der Waals surface area contributed by atoms with Gasteiger partial charge in [0.1, 0.15) is 0 Å². The number of ether oxygens (including phenoxy) is 1. The number of rotatable bonds is 3. The van der Waals surface area contributed by atoms with E-state index >= 15 is 0 Å². The van der Waals surface area contributed by atoms with Gasteiger partial charge in [-0.25, -0.2) is 4.79 Å². The van der Waals surface area contributed by atoms with E-state index in [1.165, 1.54) is 32.1 Å². The zero-order chi connectivity index (χ0) is 10.4. The summed E-state index contributed by atoms with van der Waals surface area (Å²) in [6.07, 6.45) is 7.05. The van der Waals surface area contributed by atoms with E-state index in [0.29, 0.717) is 6.61 Å². The molecule has 3 nitrogen and oxygen atoms in total. The third-order valence-corrected chi connectivity index (χ3v) is 2.97. The van der Waals surface area contributed by atoms with Crippen LogP contribution in [0.1, 0.15) is 40.0 Å². The minimum Gasteiger partial charge on any atom is -1.00 e. The van der Waals surface area contributed by atoms with E-state index in [-0.39, 0.29) is 31.0 Å². The van der Waals surface area contributed by atoms with Crippen LogP contribution in [0.4, 0.5) is 4.79 Å². The van der Waals surface area contributed by atoms with E-state index in [9.17, 15) is 4.79 Å². The van der Waals surface area contributed by atoms with Gasteiger partial charge < -0.3 is 6.16 Å². The third kappa shape index (κ3) is 7.00. The summed E-state index contributed by atoms with van der Waals surface area (Å²) < 4.78 is 5.80. The molecule has 1 aliphatic rings. The van der Waals surface area contributed by atoms with E-state index in [0.717, 1.165) is 16.0 Å². The zero-order valence-corrected chi connectivity index (χ0v) is 13.0. The van der Waals surface area contributed by atoms with E-state index in [1.54, 1.807) is 0 Å². The Kier molecular flexibility index (Phi) is 9.63. The summed E-state index contributed by atoms with van der Waals surface area (Å²) in [5.74, 6) is 0.741. The van der Waals surface area contributed by atoms with Gasteiger partial charge >= 0.3 is 35.7 Å². The first-order valence-electron chi connectivity index (χ1n) is 5.05. The maximum Gasteiger partial charge on any atom is 1.00 e. The third-order valence-electron chi connectivity index (χ3n) is 2.64. The summed E-state index contributed by atoms with van der Waals surface area (Å²) in [7, 11) is 0. The predicted octanol–water partition coefficient (Wildman–Crippen LogP) is 0.202. The van der Waals surface area contributed by atoms with Crippen LogP contribution < -0.4 is 29.6 Å². The molecule has 1 saturated carbocycles. The summed E-state index contributed by atoms with van der Waals surface area (Å²) in [6.45, 7) is 0.487. The number of thiol groups is 2. The van der Waals surface area contributed by atoms with Crippen molar-refractivity contribution in [2.75, 3.05) is 6.61 Å². The summed E-state index contributed by atoms with van der Waals surface area (Å²) in [4.78, 5) is 10.9. The molecule has 15 heavy (non-hydrogen) atoms. The molecule has 0 N–H and O–H groups in total. The molecule has 0 aromatic heterocycles. The van der Waals surface area contributed by atoms with Crippen molar-refractivity contribution in [3.05, 3.63) is 0 Å². The van der Waals surface area contributed by atoms with Gasteiger partial charge in [-0.05, 0) is 38.0 Å². The van der Waals surface area contributed by atoms with Crippen molar-refractivity contribution in [1.82, 2.24) is 3.71 Å². The van der Waals surface area contributed by atoms with Gasteiger partial charge in [-0.1, -0.05) is 32.1 Å². The van der Waals surface area contributed by atoms with Crippen LogP contribution >= 0.6 is 25.6 Å². The second-order valence-corrected chi connectivity index (χ2v) is 4.81. The molecule has 84 valence electrons. The van der Waals surface area contributed by atoms with E-state index in [1.807, 2.05) is 0 Å². The molecule has 1 aliphatic carbocycles. The molecule has 0 unspecified atom stereocenters. The molecule has 0 aromatic carbocycles. The first kappa shape index (κ1) is 16.0. The molecular formula is C9H18NNaO2S2. The molecule has 0 bridgehead atoms. The first-order chi connectivity index (χ1) is 6.70. The van der Waals surface area contributed by atoms with Gasteiger partial charge in [-0.3, -0.25) is 0 Å². The minimum atomic E-state index is -0.493. The maximum atomic E-state index is 10.9. The van der Waals surface area contributed by atoms with Crippen LogP contribution in [-0.4, -0.2) is 16.4 Å². The van der Waals surface area contributed by atoms with Crippen molar-refractivity contribution in [2.45, 2.75) is 38.5 Å². The molecule has 0 spiro atoms. The van der Waals surface area contributed by atoms with Gasteiger partial charge in [-0.15, -0.1) is 0 Å². The molecule has 0 atom stereocenters. The number of hydrogen-bond acceptors (Lipinski definition) is 4. The number of nitrogens with zero attached hydrogens (tertiary/aromatic N) is 1. The van der Waals surface area contributed by atoms with Crippen LogP contribution in [0.3, 0.4) is 0 Å². The van der Waals surface area contributed by atoms with Crippen molar-refractivity contribution in [2.24, 2.45) is 5.92 Å². The fraction of sp³-hybridized carbons (Fsp3) is 0.889. The second-order valence-electron chi connectivity index (χ2n) is 3.70. The fourth-order valence-electron chi connectivity index (χ4n) is 1.85. The van der Waals surface area contributed by atoms with Crippen molar-refractivity contribution in [3.63, 3.8) is 0 Å². The Morgan fingerprint density at radius 2 is 1.93 bits per heavy atom. The Bertz CT molecular complexity index is 192. The van der Waals surface area contributed by atoms with Crippen LogP contribution in [0.5, 0.6) is 0 Å². The van der Waals surface area contributed by atoms with Gasteiger partial charge in [0.25, 0.3) is 0 Å².